The zero-order valence-electron chi connectivity index (χ0n) is 80.8. The molecule has 0 atom stereocenters. The third kappa shape index (κ3) is 12.3. The number of rotatable bonds is 20. The molecule has 650 valence electrons. The molecule has 23 rings (SSSR count). The molecule has 0 aromatic heterocycles. The van der Waals surface area contributed by atoms with Gasteiger partial charge in [0.05, 0.1) is 0 Å². The molecule has 0 unspecified atom stereocenters. The number of hydrogen-bond acceptors (Lipinski definition) is 0. The number of hydrogen-bond donors (Lipinski definition) is 0. The van der Waals surface area contributed by atoms with Crippen LogP contribution in [0.15, 0.2) is 267 Å². The summed E-state index contributed by atoms with van der Waals surface area (Å²) in [5, 5.41) is 5.42. The summed E-state index contributed by atoms with van der Waals surface area (Å²) in [4.78, 5) is 0. The molecule has 7 aliphatic rings. The van der Waals surface area contributed by atoms with E-state index in [4.69, 9.17) is 0 Å². The van der Waals surface area contributed by atoms with Crippen molar-refractivity contribution in [3.8, 4) is 145 Å². The molecule has 0 saturated carbocycles. The fraction of sp³-hybridized carbons (Fsp3) is 0.298. The summed E-state index contributed by atoms with van der Waals surface area (Å²) >= 11 is 0. The largest absolute Gasteiger partial charge is 0.0654 e. The summed E-state index contributed by atoms with van der Waals surface area (Å²) in [5.74, 6) is 0. The maximum absolute atomic E-state index is 2.82. The first-order chi connectivity index (χ1) is 63.0. The predicted molar refractivity (Wildman–Crippen MR) is 561 cm³/mol. The lowest BCUT2D eigenvalue weighted by Crippen LogP contribution is -2.26. The second-order valence-electron chi connectivity index (χ2n) is 44.2. The zero-order valence-corrected chi connectivity index (χ0v) is 80.8. The molecule has 0 nitrogen and oxygen atoms in total. The lowest BCUT2D eigenvalue weighted by molar-refractivity contribution is 0.398. The van der Waals surface area contributed by atoms with Crippen molar-refractivity contribution in [1.82, 2.24) is 0 Å². The minimum absolute atomic E-state index is 0.0506. The van der Waals surface area contributed by atoms with Crippen LogP contribution in [0, 0.1) is 27.7 Å². The average Bonchev–Trinajstić information content (AvgIpc) is 1.57. The van der Waals surface area contributed by atoms with Gasteiger partial charge in [-0.2, -0.15) is 0 Å². The highest BCUT2D eigenvalue weighted by Gasteiger charge is 2.50. The van der Waals surface area contributed by atoms with Crippen LogP contribution in [0.2, 0.25) is 0 Å². The van der Waals surface area contributed by atoms with Gasteiger partial charge in [0, 0.05) is 37.9 Å². The number of benzene rings is 16. The second-order valence-corrected chi connectivity index (χ2v) is 44.2. The first-order valence-electron chi connectivity index (χ1n) is 49.9. The first-order valence-corrected chi connectivity index (χ1v) is 49.9. The first kappa shape index (κ1) is 83.4. The quantitative estimate of drug-likeness (QED) is 0.0667. The minimum Gasteiger partial charge on any atom is -0.0654 e. The van der Waals surface area contributed by atoms with Crippen LogP contribution in [0.1, 0.15) is 287 Å². The molecule has 0 fully saturated rings. The van der Waals surface area contributed by atoms with E-state index in [1.165, 1.54) is 332 Å². The Hall–Kier alpha value is -12.0. The number of aryl methyl sites for hydroxylation is 4. The number of fused-ring (bicyclic) bond motifs is 25. The Morgan fingerprint density at radius 1 is 0.168 bits per heavy atom. The van der Waals surface area contributed by atoms with Gasteiger partial charge in [-0.1, -0.05) is 368 Å². The van der Waals surface area contributed by atoms with E-state index in [-0.39, 0.29) is 37.9 Å². The Bertz CT molecular complexity index is 7090. The van der Waals surface area contributed by atoms with Gasteiger partial charge >= 0.3 is 0 Å². The van der Waals surface area contributed by atoms with E-state index in [0.717, 1.165) is 12.8 Å². The predicted octanol–water partition coefficient (Wildman–Crippen LogP) is 36.8. The minimum atomic E-state index is -0.285. The third-order valence-corrected chi connectivity index (χ3v) is 34.3. The van der Waals surface area contributed by atoms with Gasteiger partial charge in [-0.25, -0.2) is 0 Å². The van der Waals surface area contributed by atoms with Crippen LogP contribution >= 0.6 is 0 Å². The summed E-state index contributed by atoms with van der Waals surface area (Å²) in [6.07, 6.45) is 17.7. The van der Waals surface area contributed by atoms with Crippen LogP contribution in [0.25, 0.3) is 166 Å². The second kappa shape index (κ2) is 30.0. The molecule has 0 aliphatic heterocycles. The molecule has 16 aromatic rings. The van der Waals surface area contributed by atoms with E-state index in [1.807, 2.05) is 0 Å². The molecular formula is C131H126. The SMILES string of the molecule is CCCCCCCCC1(CCCCCCCC)c2cc3c(cc2-c2cc4c(cc21)-c1c(cc(-c2c(C)cc(-c5ccc6c(c5)C(C)(C)c5cc(-c7ccc8c(c7)C(C)(C)c7ccccc7-8)ccc5-6)cc2C)c2ccccc12)C4(C)C)C(C)(C)c1cc(-c2c(C)cc(-c4ccc5c(c4)C(C)(C)c4cc(-c6ccc7c(c6)C(C)(C)c6ccccc6-7)ccc4-5)cc2C)c2ccccc2c1-3. The number of unbranched alkanes of at least 4 members (excludes halogenated alkanes) is 10. The van der Waals surface area contributed by atoms with Crippen molar-refractivity contribution < 1.29 is 0 Å². The van der Waals surface area contributed by atoms with Crippen molar-refractivity contribution >= 4 is 21.5 Å². The highest BCUT2D eigenvalue weighted by Crippen LogP contribution is 2.66. The Kier molecular flexibility index (Phi) is 19.1. The molecule has 16 aromatic carbocycles. The van der Waals surface area contributed by atoms with Crippen LogP contribution in [-0.4, -0.2) is 0 Å². The van der Waals surface area contributed by atoms with Gasteiger partial charge in [-0.15, -0.1) is 0 Å². The fourth-order valence-corrected chi connectivity index (χ4v) is 27.2. The molecular weight excluding hydrogens is 1570 g/mol. The Morgan fingerprint density at radius 3 is 0.725 bits per heavy atom. The van der Waals surface area contributed by atoms with Gasteiger partial charge in [0.25, 0.3) is 0 Å². The molecule has 131 heavy (non-hydrogen) atoms. The van der Waals surface area contributed by atoms with E-state index in [9.17, 15) is 0 Å². The van der Waals surface area contributed by atoms with Gasteiger partial charge in [0.2, 0.25) is 0 Å². The molecule has 0 saturated heterocycles. The maximum Gasteiger partial charge on any atom is 0.0215 e. The van der Waals surface area contributed by atoms with Gasteiger partial charge < -0.3 is 0 Å². The molecule has 0 spiro atoms. The highest BCUT2D eigenvalue weighted by atomic mass is 14.5. The van der Waals surface area contributed by atoms with Crippen molar-refractivity contribution in [2.24, 2.45) is 0 Å². The summed E-state index contributed by atoms with van der Waals surface area (Å²) in [7, 11) is 0. The normalized spacial score (nSPS) is 16.1. The standard InChI is InChI=1S/C131H126/c1-19-21-23-25-27-37-59-131(60-38-28-26-24-22-20-2)117-75-105-115(129(15,16)119-73-103(89-39-29-31-43-99(89)123(105)119)121-77(3)61-87(62-78(121)4)85-51-57-97-95-55-49-83(67-111(95)127(11,12)113(97)69-85)81-47-53-93-91-41-33-35-45-107(91)125(7,8)109(93)65-81)71-101(117)102-72-116-106(76-118(102)131)124-100-44-32-30-40-90(100)104(74-120(124)130(116,17)18)122-79(5)63-88(64-80(122)6)86-52-58-98-96-56-50-84(68-112(96)128(13,14)114(98)70-86)82-48-54-94-92-42-34-36-46-108(92)126(9,10)110(94)66-82/h29-36,39-58,61-76H,19-28,37-38,59-60H2,1-18H3. The van der Waals surface area contributed by atoms with Crippen LogP contribution in [0.5, 0.6) is 0 Å². The monoisotopic (exact) mass is 1700 g/mol. The fourth-order valence-electron chi connectivity index (χ4n) is 27.2. The molecule has 0 heterocycles. The molecule has 0 radical (unpaired) electrons. The van der Waals surface area contributed by atoms with Crippen molar-refractivity contribution in [3.63, 3.8) is 0 Å². The Balaban J connectivity index is 0.591. The molecule has 0 amide bonds. The summed E-state index contributed by atoms with van der Waals surface area (Å²) < 4.78 is 0. The van der Waals surface area contributed by atoms with Crippen LogP contribution in [0.4, 0.5) is 0 Å². The van der Waals surface area contributed by atoms with E-state index >= 15 is 0 Å². The van der Waals surface area contributed by atoms with Crippen molar-refractivity contribution in [2.45, 2.75) is 252 Å². The van der Waals surface area contributed by atoms with Gasteiger partial charge in [-0.3, -0.25) is 0 Å². The lowest BCUT2D eigenvalue weighted by Gasteiger charge is -2.34. The Morgan fingerprint density at radius 2 is 0.405 bits per heavy atom. The molecule has 0 N–H and O–H groups in total. The van der Waals surface area contributed by atoms with Crippen LogP contribution in [-0.2, 0) is 37.9 Å². The van der Waals surface area contributed by atoms with Crippen LogP contribution < -0.4 is 0 Å². The van der Waals surface area contributed by atoms with Gasteiger partial charge in [-0.05, 0) is 380 Å². The molecule has 0 bridgehead atoms. The van der Waals surface area contributed by atoms with Crippen molar-refractivity contribution in [3.05, 3.63) is 367 Å². The zero-order chi connectivity index (χ0) is 90.2. The molecule has 0 heteroatoms. The van der Waals surface area contributed by atoms with E-state index in [0.29, 0.717) is 0 Å². The lowest BCUT2D eigenvalue weighted by atomic mass is 9.69. The van der Waals surface area contributed by atoms with E-state index in [1.54, 1.807) is 11.1 Å². The topological polar surface area (TPSA) is 0 Å². The smallest absolute Gasteiger partial charge is 0.0215 e. The molecule has 7 aliphatic carbocycles. The van der Waals surface area contributed by atoms with Crippen molar-refractivity contribution in [1.29, 1.82) is 0 Å². The van der Waals surface area contributed by atoms with E-state index < -0.39 is 0 Å². The Labute approximate surface area is 780 Å². The van der Waals surface area contributed by atoms with Crippen molar-refractivity contribution in [2.75, 3.05) is 0 Å². The summed E-state index contributed by atoms with van der Waals surface area (Å²) in [6, 6.07) is 107. The van der Waals surface area contributed by atoms with E-state index in [2.05, 4.69) is 392 Å². The highest BCUT2D eigenvalue weighted by molar-refractivity contribution is 6.13. The maximum atomic E-state index is 2.82. The average molecular weight is 1700 g/mol. The van der Waals surface area contributed by atoms with Gasteiger partial charge in [0.1, 0.15) is 0 Å². The summed E-state index contributed by atoms with van der Waals surface area (Å²) in [5.41, 5.74) is 59.7. The third-order valence-electron chi connectivity index (χ3n) is 34.3. The van der Waals surface area contributed by atoms with Crippen LogP contribution in [0.3, 0.4) is 0 Å². The summed E-state index contributed by atoms with van der Waals surface area (Å²) in [6.45, 7) is 43.8. The van der Waals surface area contributed by atoms with Gasteiger partial charge in [0.15, 0.2) is 0 Å².